The zero-order valence-corrected chi connectivity index (χ0v) is 32.4. The highest BCUT2D eigenvalue weighted by Gasteiger charge is 2.35. The number of Topliss-reactive ketones (excluding diaryl/α,β-unsaturated/α-hetero) is 1. The van der Waals surface area contributed by atoms with E-state index in [1.54, 1.807) is 0 Å². The molecule has 0 spiro atoms. The van der Waals surface area contributed by atoms with Gasteiger partial charge in [0.2, 0.25) is 0 Å². The Labute approximate surface area is 316 Å². The molecule has 1 aliphatic carbocycles. The van der Waals surface area contributed by atoms with Gasteiger partial charge >= 0.3 is 0 Å². The average molecular weight is 693 g/mol. The highest BCUT2D eigenvalue weighted by molar-refractivity contribution is 6.59. The summed E-state index contributed by atoms with van der Waals surface area (Å²) in [7, 11) is 0. The number of hydrogen-bond acceptors (Lipinski definition) is 1. The Kier molecular flexibility index (Phi) is 16.7. The van der Waals surface area contributed by atoms with Crippen molar-refractivity contribution >= 4 is 28.1 Å². The third-order valence-electron chi connectivity index (χ3n) is 11.0. The zero-order chi connectivity index (χ0) is 36.2. The lowest BCUT2D eigenvalue weighted by atomic mass is 9.88. The van der Waals surface area contributed by atoms with E-state index in [2.05, 4.69) is 86.6 Å². The topological polar surface area (TPSA) is 17.1 Å². The fraction of sp³-hybridized carbons (Fsp3) is 0.431. The first-order valence-electron chi connectivity index (χ1n) is 21.0. The second-order valence-electron chi connectivity index (χ2n) is 15.1. The lowest BCUT2D eigenvalue weighted by Crippen LogP contribution is -2.01. The molecule has 0 bridgehead atoms. The SMILES string of the molecule is CCCCCCCCCCCc1ccc(C2=C(c3ccccc3)C(=O)C(c3ccccc3)=C2c2ccc(CCCCCCCCCCC)cc2)cc1. The third kappa shape index (κ3) is 11.5. The summed E-state index contributed by atoms with van der Waals surface area (Å²) < 4.78 is 0. The van der Waals surface area contributed by atoms with E-state index >= 15 is 0 Å². The molecule has 0 radical (unpaired) electrons. The van der Waals surface area contributed by atoms with Crippen LogP contribution in [-0.4, -0.2) is 5.78 Å². The number of ketones is 1. The van der Waals surface area contributed by atoms with Gasteiger partial charge in [-0.15, -0.1) is 0 Å². The van der Waals surface area contributed by atoms with Crippen molar-refractivity contribution in [3.63, 3.8) is 0 Å². The van der Waals surface area contributed by atoms with E-state index in [0.29, 0.717) is 0 Å². The van der Waals surface area contributed by atoms with Crippen LogP contribution in [0.5, 0.6) is 0 Å². The summed E-state index contributed by atoms with van der Waals surface area (Å²) in [6, 6.07) is 38.8. The maximum atomic E-state index is 14.7. The number of unbranched alkanes of at least 4 members (excludes halogenated alkanes) is 16. The summed E-state index contributed by atoms with van der Waals surface area (Å²) in [5, 5.41) is 0. The standard InChI is InChI=1S/C51H64O/c1-3-5-7-9-11-13-15-17-21-27-41-33-37-45(38-34-41)47-48(46-39-35-42(36-40-46)28-22-18-16-14-12-10-8-6-4-2)50(44-31-25-20-26-32-44)51(52)49(47)43-29-23-19-24-30-43/h19-20,23-26,29-40H,3-18,21-22,27-28H2,1-2H3. The van der Waals surface area contributed by atoms with E-state index in [1.807, 2.05) is 36.4 Å². The van der Waals surface area contributed by atoms with Crippen LogP contribution >= 0.6 is 0 Å². The summed E-state index contributed by atoms with van der Waals surface area (Å²) in [6.45, 7) is 4.57. The zero-order valence-electron chi connectivity index (χ0n) is 32.4. The molecule has 1 heteroatoms. The molecule has 4 aromatic rings. The minimum atomic E-state index is 0.111. The molecule has 0 aromatic heterocycles. The van der Waals surface area contributed by atoms with Gasteiger partial charge in [-0.1, -0.05) is 226 Å². The molecule has 0 saturated heterocycles. The summed E-state index contributed by atoms with van der Waals surface area (Å²) in [4.78, 5) is 14.7. The first kappa shape index (κ1) is 39.2. The Balaban J connectivity index is 1.35. The van der Waals surface area contributed by atoms with Crippen LogP contribution in [0.3, 0.4) is 0 Å². The summed E-state index contributed by atoms with van der Waals surface area (Å²) in [6.07, 6.45) is 26.4. The van der Waals surface area contributed by atoms with Gasteiger partial charge in [0, 0.05) is 22.3 Å². The van der Waals surface area contributed by atoms with Gasteiger partial charge in [0.15, 0.2) is 5.78 Å². The first-order chi connectivity index (χ1) is 25.7. The molecule has 0 saturated carbocycles. The second kappa shape index (κ2) is 22.2. The van der Waals surface area contributed by atoms with Crippen molar-refractivity contribution in [3.8, 4) is 0 Å². The van der Waals surface area contributed by atoms with Gasteiger partial charge in [-0.25, -0.2) is 0 Å². The Morgan fingerprint density at radius 1 is 0.308 bits per heavy atom. The molecule has 4 aromatic carbocycles. The molecule has 5 rings (SSSR count). The molecule has 0 atom stereocenters. The number of allylic oxidation sites excluding steroid dienone is 4. The van der Waals surface area contributed by atoms with Gasteiger partial charge < -0.3 is 0 Å². The van der Waals surface area contributed by atoms with Gasteiger partial charge in [-0.2, -0.15) is 0 Å². The number of carbonyl (C=O) groups excluding carboxylic acids is 1. The van der Waals surface area contributed by atoms with E-state index in [-0.39, 0.29) is 5.78 Å². The van der Waals surface area contributed by atoms with Gasteiger partial charge in [-0.05, 0) is 59.1 Å². The van der Waals surface area contributed by atoms with Crippen molar-refractivity contribution in [2.45, 2.75) is 142 Å². The Bertz CT molecular complexity index is 1550. The van der Waals surface area contributed by atoms with Crippen LogP contribution in [0, 0.1) is 0 Å². The fourth-order valence-electron chi connectivity index (χ4n) is 7.90. The highest BCUT2D eigenvalue weighted by atomic mass is 16.1. The van der Waals surface area contributed by atoms with E-state index in [9.17, 15) is 4.79 Å². The van der Waals surface area contributed by atoms with Crippen molar-refractivity contribution in [2.75, 3.05) is 0 Å². The maximum Gasteiger partial charge on any atom is 0.195 e. The van der Waals surface area contributed by atoms with Gasteiger partial charge in [0.25, 0.3) is 0 Å². The average Bonchev–Trinajstić information content (AvgIpc) is 3.50. The summed E-state index contributed by atoms with van der Waals surface area (Å²) >= 11 is 0. The molecular weight excluding hydrogens is 629 g/mol. The van der Waals surface area contributed by atoms with Crippen molar-refractivity contribution in [1.82, 2.24) is 0 Å². The van der Waals surface area contributed by atoms with Gasteiger partial charge in [-0.3, -0.25) is 4.79 Å². The van der Waals surface area contributed by atoms with Crippen LogP contribution in [0.2, 0.25) is 0 Å². The van der Waals surface area contributed by atoms with Crippen molar-refractivity contribution in [1.29, 1.82) is 0 Å². The van der Waals surface area contributed by atoms with Crippen molar-refractivity contribution in [3.05, 3.63) is 143 Å². The van der Waals surface area contributed by atoms with Crippen LogP contribution in [0.1, 0.15) is 163 Å². The van der Waals surface area contributed by atoms with E-state index < -0.39 is 0 Å². The van der Waals surface area contributed by atoms with Gasteiger partial charge in [0.1, 0.15) is 0 Å². The third-order valence-corrected chi connectivity index (χ3v) is 11.0. The number of benzene rings is 4. The monoisotopic (exact) mass is 692 g/mol. The molecule has 1 aliphatic rings. The van der Waals surface area contributed by atoms with E-state index in [1.165, 1.54) is 127 Å². The van der Waals surface area contributed by atoms with Crippen LogP contribution < -0.4 is 0 Å². The van der Waals surface area contributed by atoms with Crippen LogP contribution in [-0.2, 0) is 17.6 Å². The number of aryl methyl sites for hydroxylation is 2. The van der Waals surface area contributed by atoms with Crippen molar-refractivity contribution < 1.29 is 4.79 Å². The molecule has 0 unspecified atom stereocenters. The molecule has 1 nitrogen and oxygen atoms in total. The largest absolute Gasteiger partial charge is 0.289 e. The Morgan fingerprint density at radius 2 is 0.596 bits per heavy atom. The predicted molar refractivity (Wildman–Crippen MR) is 226 cm³/mol. The van der Waals surface area contributed by atoms with Gasteiger partial charge in [0.05, 0.1) is 0 Å². The highest BCUT2D eigenvalue weighted by Crippen LogP contribution is 2.49. The smallest absolute Gasteiger partial charge is 0.195 e. The quantitative estimate of drug-likeness (QED) is 0.0668. The summed E-state index contributed by atoms with van der Waals surface area (Å²) in [5.41, 5.74) is 10.7. The van der Waals surface area contributed by atoms with Crippen LogP contribution in [0.4, 0.5) is 0 Å². The molecule has 0 amide bonds. The maximum absolute atomic E-state index is 14.7. The fourth-order valence-corrected chi connectivity index (χ4v) is 7.90. The molecule has 0 N–H and O–H groups in total. The first-order valence-corrected chi connectivity index (χ1v) is 21.0. The van der Waals surface area contributed by atoms with Crippen LogP contribution in [0.25, 0.3) is 22.3 Å². The lowest BCUT2D eigenvalue weighted by molar-refractivity contribution is -0.108. The molecule has 0 fully saturated rings. The normalized spacial score (nSPS) is 13.1. The molecular formula is C51H64O. The van der Waals surface area contributed by atoms with Crippen LogP contribution in [0.15, 0.2) is 109 Å². The van der Waals surface area contributed by atoms with E-state index in [4.69, 9.17) is 0 Å². The molecule has 0 aliphatic heterocycles. The molecule has 274 valence electrons. The predicted octanol–water partition coefficient (Wildman–Crippen LogP) is 14.9. The minimum Gasteiger partial charge on any atom is -0.289 e. The second-order valence-corrected chi connectivity index (χ2v) is 15.1. The molecule has 0 heterocycles. The number of hydrogen-bond donors (Lipinski definition) is 0. The number of rotatable bonds is 24. The Morgan fingerprint density at radius 3 is 0.923 bits per heavy atom. The molecule has 52 heavy (non-hydrogen) atoms. The Hall–Kier alpha value is -3.97. The van der Waals surface area contributed by atoms with Crippen molar-refractivity contribution in [2.24, 2.45) is 0 Å². The number of carbonyl (C=O) groups is 1. The minimum absolute atomic E-state index is 0.111. The van der Waals surface area contributed by atoms with E-state index in [0.717, 1.165) is 57.4 Å². The lowest BCUT2D eigenvalue weighted by Gasteiger charge is -2.15. The summed E-state index contributed by atoms with van der Waals surface area (Å²) in [5.74, 6) is 0.111.